The minimum absolute atomic E-state index is 0.213. The van der Waals surface area contributed by atoms with Crippen molar-refractivity contribution in [1.82, 2.24) is 9.80 Å². The van der Waals surface area contributed by atoms with Gasteiger partial charge in [0.25, 0.3) is 11.8 Å². The molecule has 12 heteroatoms. The summed E-state index contributed by atoms with van der Waals surface area (Å²) in [4.78, 5) is 56.9. The molecule has 0 aromatic heterocycles. The maximum atomic E-state index is 13.7. The minimum atomic E-state index is -0.541. The number of anilines is 2. The van der Waals surface area contributed by atoms with Gasteiger partial charge in [0.05, 0.1) is 37.3 Å². The predicted molar refractivity (Wildman–Crippen MR) is 191 cm³/mol. The maximum Gasteiger partial charge on any atom is 0.344 e. The molecule has 0 saturated carbocycles. The van der Waals surface area contributed by atoms with Gasteiger partial charge in [0.1, 0.15) is 17.2 Å². The Morgan fingerprint density at radius 1 is 0.860 bits per heavy atom. The number of nitrogens with one attached hydrogen (secondary N) is 1. The molecule has 12 nitrogen and oxygen atoms in total. The number of aryl methyl sites for hydroxylation is 1. The molecule has 3 amide bonds. The van der Waals surface area contributed by atoms with Crippen LogP contribution in [0.15, 0.2) is 60.7 Å². The van der Waals surface area contributed by atoms with Gasteiger partial charge in [-0.1, -0.05) is 18.2 Å². The summed E-state index contributed by atoms with van der Waals surface area (Å²) in [6.07, 6.45) is 3.00. The van der Waals surface area contributed by atoms with Crippen LogP contribution in [-0.2, 0) is 14.3 Å². The van der Waals surface area contributed by atoms with E-state index in [-0.39, 0.29) is 42.1 Å². The number of hydrogen-bond donors (Lipinski definition) is 1. The first-order valence-corrected chi connectivity index (χ1v) is 17.0. The lowest BCUT2D eigenvalue weighted by Gasteiger charge is -2.32. The molecule has 1 aliphatic heterocycles. The number of hydrogen-bond acceptors (Lipinski definition) is 9. The fraction of sp³-hybridized carbons (Fsp3) is 0.421. The molecular formula is C38H48N4O8. The Kier molecular flexibility index (Phi) is 14.0. The van der Waals surface area contributed by atoms with Gasteiger partial charge < -0.3 is 39.0 Å². The number of rotatable bonds is 16. The van der Waals surface area contributed by atoms with Crippen molar-refractivity contribution in [2.24, 2.45) is 0 Å². The highest BCUT2D eigenvalue weighted by atomic mass is 16.6. The van der Waals surface area contributed by atoms with Crippen molar-refractivity contribution < 1.29 is 38.1 Å². The van der Waals surface area contributed by atoms with Crippen molar-refractivity contribution in [1.29, 1.82) is 0 Å². The Balaban J connectivity index is 1.35. The van der Waals surface area contributed by atoms with Crippen LogP contribution in [0.3, 0.4) is 0 Å². The molecule has 268 valence electrons. The van der Waals surface area contributed by atoms with Crippen molar-refractivity contribution in [3.63, 3.8) is 0 Å². The van der Waals surface area contributed by atoms with E-state index in [2.05, 4.69) is 17.3 Å². The minimum Gasteiger partial charge on any atom is -0.495 e. The third kappa shape index (κ3) is 10.4. The summed E-state index contributed by atoms with van der Waals surface area (Å²) in [6.45, 7) is 7.43. The molecule has 4 rings (SSSR count). The summed E-state index contributed by atoms with van der Waals surface area (Å²) < 4.78 is 22.1. The lowest BCUT2D eigenvalue weighted by atomic mass is 10.1. The van der Waals surface area contributed by atoms with Gasteiger partial charge in [-0.05, 0) is 88.2 Å². The van der Waals surface area contributed by atoms with Crippen LogP contribution in [0.25, 0.3) is 0 Å². The van der Waals surface area contributed by atoms with E-state index >= 15 is 0 Å². The zero-order valence-electron chi connectivity index (χ0n) is 29.7. The van der Waals surface area contributed by atoms with Gasteiger partial charge in [-0.15, -0.1) is 0 Å². The third-order valence-electron chi connectivity index (χ3n) is 8.41. The highest BCUT2D eigenvalue weighted by Crippen LogP contribution is 2.32. The van der Waals surface area contributed by atoms with Gasteiger partial charge in [-0.25, -0.2) is 4.79 Å². The first-order valence-electron chi connectivity index (χ1n) is 17.0. The van der Waals surface area contributed by atoms with Gasteiger partial charge in [-0.2, -0.15) is 0 Å². The second-order valence-corrected chi connectivity index (χ2v) is 12.1. The average Bonchev–Trinajstić information content (AvgIpc) is 3.12. The van der Waals surface area contributed by atoms with Gasteiger partial charge in [0.2, 0.25) is 5.91 Å². The molecule has 50 heavy (non-hydrogen) atoms. The summed E-state index contributed by atoms with van der Waals surface area (Å²) in [6, 6.07) is 17.0. The summed E-state index contributed by atoms with van der Waals surface area (Å²) in [5, 5.41) is 2.81. The monoisotopic (exact) mass is 688 g/mol. The molecule has 0 radical (unpaired) electrons. The molecule has 1 aliphatic rings. The van der Waals surface area contributed by atoms with Crippen molar-refractivity contribution in [3.8, 4) is 17.2 Å². The lowest BCUT2D eigenvalue weighted by molar-refractivity contribution is -0.145. The fourth-order valence-corrected chi connectivity index (χ4v) is 5.50. The lowest BCUT2D eigenvalue weighted by Crippen LogP contribution is -2.47. The number of nitrogens with zero attached hydrogens (tertiary/aromatic N) is 3. The Hall–Kier alpha value is -5.10. The van der Waals surface area contributed by atoms with Gasteiger partial charge in [0.15, 0.2) is 6.61 Å². The molecule has 0 unspecified atom stereocenters. The molecule has 0 bridgehead atoms. The molecule has 1 fully saturated rings. The summed E-state index contributed by atoms with van der Waals surface area (Å²) in [5.74, 6) is -0.00634. The van der Waals surface area contributed by atoms with Crippen LogP contribution >= 0.6 is 0 Å². The summed E-state index contributed by atoms with van der Waals surface area (Å²) >= 11 is 0. The van der Waals surface area contributed by atoms with Crippen LogP contribution in [0.1, 0.15) is 58.9 Å². The number of likely N-dealkylation sites (N-methyl/N-ethyl adjacent to an activating group) is 1. The number of esters is 1. The van der Waals surface area contributed by atoms with E-state index in [4.69, 9.17) is 18.9 Å². The number of piperazine rings is 1. The van der Waals surface area contributed by atoms with E-state index in [0.717, 1.165) is 51.0 Å². The maximum absolute atomic E-state index is 13.7. The Morgan fingerprint density at radius 3 is 2.36 bits per heavy atom. The number of unbranched alkanes of at least 4 members (excludes halogenated alkanes) is 2. The Morgan fingerprint density at radius 2 is 1.62 bits per heavy atom. The van der Waals surface area contributed by atoms with E-state index in [0.29, 0.717) is 35.7 Å². The number of methoxy groups -OCH3 is 1. The fourth-order valence-electron chi connectivity index (χ4n) is 5.50. The molecule has 1 saturated heterocycles. The molecule has 0 atom stereocenters. The molecule has 3 aromatic rings. The van der Waals surface area contributed by atoms with Gasteiger partial charge >= 0.3 is 5.97 Å². The van der Waals surface area contributed by atoms with Crippen LogP contribution < -0.4 is 24.4 Å². The number of benzene rings is 3. The third-order valence-corrected chi connectivity index (χ3v) is 8.41. The molecule has 0 spiro atoms. The van der Waals surface area contributed by atoms with Gasteiger partial charge in [-0.3, -0.25) is 14.4 Å². The van der Waals surface area contributed by atoms with Crippen LogP contribution in [-0.4, -0.2) is 101 Å². The van der Waals surface area contributed by atoms with E-state index in [1.807, 2.05) is 30.0 Å². The standard InChI is InChI=1S/C38H48N4O8/c1-6-48-36(44)26-50-32-13-10-9-12-29(32)37(45)39-30-17-16-28(25-33(30)47-5)38(46)41(4)31-18-15-27(2)24-34(31)49-23-11-7-8-14-35(43)42-21-19-40(3)20-22-42/h9-10,12-13,15-18,24-25H,6-8,11,14,19-23,26H2,1-5H3,(H,39,45). The molecule has 1 heterocycles. The number of amides is 3. The smallest absolute Gasteiger partial charge is 0.344 e. The van der Waals surface area contributed by atoms with E-state index in [1.54, 1.807) is 56.4 Å². The highest BCUT2D eigenvalue weighted by Gasteiger charge is 2.22. The average molecular weight is 689 g/mol. The number of para-hydroxylation sites is 1. The van der Waals surface area contributed by atoms with Crippen molar-refractivity contribution in [2.45, 2.75) is 39.5 Å². The van der Waals surface area contributed by atoms with E-state index < -0.39 is 11.9 Å². The SMILES string of the molecule is CCOC(=O)COc1ccccc1C(=O)Nc1ccc(C(=O)N(C)c2ccc(C)cc2OCCCCCC(=O)N2CCN(C)CC2)cc1OC. The number of carbonyl (C=O) groups excluding carboxylic acids is 4. The first-order chi connectivity index (χ1) is 24.1. The Labute approximate surface area is 294 Å². The van der Waals surface area contributed by atoms with Gasteiger partial charge in [0, 0.05) is 45.2 Å². The van der Waals surface area contributed by atoms with E-state index in [1.165, 1.54) is 12.0 Å². The van der Waals surface area contributed by atoms with Crippen LogP contribution in [0.4, 0.5) is 11.4 Å². The van der Waals surface area contributed by atoms with Crippen LogP contribution in [0.2, 0.25) is 0 Å². The zero-order chi connectivity index (χ0) is 36.0. The highest BCUT2D eigenvalue weighted by molar-refractivity contribution is 6.09. The predicted octanol–water partition coefficient (Wildman–Crippen LogP) is 5.19. The van der Waals surface area contributed by atoms with E-state index in [9.17, 15) is 19.2 Å². The molecule has 0 aliphatic carbocycles. The molecular weight excluding hydrogens is 640 g/mol. The second kappa shape index (κ2) is 18.6. The molecule has 3 aromatic carbocycles. The Bertz CT molecular complexity index is 1640. The summed E-state index contributed by atoms with van der Waals surface area (Å²) in [5.41, 5.74) is 2.52. The largest absolute Gasteiger partial charge is 0.495 e. The van der Waals surface area contributed by atoms with Crippen LogP contribution in [0, 0.1) is 6.92 Å². The zero-order valence-corrected chi connectivity index (χ0v) is 29.7. The first kappa shape index (κ1) is 37.7. The van der Waals surface area contributed by atoms with Crippen molar-refractivity contribution in [3.05, 3.63) is 77.4 Å². The normalized spacial score (nSPS) is 12.9. The number of ether oxygens (including phenoxy) is 4. The van der Waals surface area contributed by atoms with Crippen molar-refractivity contribution >= 4 is 35.1 Å². The number of carbonyl (C=O) groups is 4. The molecule has 1 N–H and O–H groups in total. The quantitative estimate of drug-likeness (QED) is 0.160. The second-order valence-electron chi connectivity index (χ2n) is 12.1. The summed E-state index contributed by atoms with van der Waals surface area (Å²) in [7, 11) is 5.21. The van der Waals surface area contributed by atoms with Crippen LogP contribution in [0.5, 0.6) is 17.2 Å². The topological polar surface area (TPSA) is 127 Å². The van der Waals surface area contributed by atoms with Crippen molar-refractivity contribution in [2.75, 3.05) is 77.4 Å².